The van der Waals surface area contributed by atoms with E-state index in [-0.39, 0.29) is 0 Å². The first-order valence-electron chi connectivity index (χ1n) is 17.5. The van der Waals surface area contributed by atoms with Crippen molar-refractivity contribution in [3.05, 3.63) is 193 Å². The van der Waals surface area contributed by atoms with Crippen molar-refractivity contribution < 1.29 is 0 Å². The lowest BCUT2D eigenvalue weighted by Crippen LogP contribution is -2.11. The second-order valence-corrected chi connectivity index (χ2v) is 15.0. The highest BCUT2D eigenvalue weighted by Gasteiger charge is 2.22. The zero-order chi connectivity index (χ0) is 34.6. The highest BCUT2D eigenvalue weighted by molar-refractivity contribution is 9.10. The standard InChI is InChI=1S/C48H31BrN2S/c49-42-20-10-7-17-37(42)38-18-8-11-21-43(38)50(35-25-23-33(24-26-35)32-13-3-1-4-14-32)36-27-28-41-45(31-36)51(34-15-5-2-6-16-34)44-30-29-40-39-19-9-12-22-46(39)52-48(40)47(41)44/h1-31H. The molecule has 10 rings (SSSR count). The first-order chi connectivity index (χ1) is 25.7. The molecule has 10 aromatic rings. The van der Waals surface area contributed by atoms with Crippen LogP contribution in [-0.2, 0) is 0 Å². The average molecular weight is 748 g/mol. The van der Waals surface area contributed by atoms with E-state index in [1.807, 2.05) is 11.3 Å². The number of hydrogen-bond donors (Lipinski definition) is 0. The summed E-state index contributed by atoms with van der Waals surface area (Å²) in [7, 11) is 0. The summed E-state index contributed by atoms with van der Waals surface area (Å²) < 4.78 is 6.15. The van der Waals surface area contributed by atoms with Gasteiger partial charge >= 0.3 is 0 Å². The van der Waals surface area contributed by atoms with Crippen molar-refractivity contribution in [3.63, 3.8) is 0 Å². The van der Waals surface area contributed by atoms with Gasteiger partial charge in [0.25, 0.3) is 0 Å². The zero-order valence-electron chi connectivity index (χ0n) is 28.1. The van der Waals surface area contributed by atoms with Gasteiger partial charge in [-0.3, -0.25) is 0 Å². The van der Waals surface area contributed by atoms with Crippen LogP contribution in [0.15, 0.2) is 193 Å². The van der Waals surface area contributed by atoms with Crippen LogP contribution in [0.4, 0.5) is 17.1 Å². The van der Waals surface area contributed by atoms with Gasteiger partial charge in [-0.05, 0) is 77.4 Å². The molecular weight excluding hydrogens is 717 g/mol. The van der Waals surface area contributed by atoms with Crippen LogP contribution in [0.1, 0.15) is 0 Å². The number of halogens is 1. The lowest BCUT2D eigenvalue weighted by Gasteiger charge is -2.28. The third kappa shape index (κ3) is 5.06. The van der Waals surface area contributed by atoms with E-state index in [1.165, 1.54) is 53.1 Å². The second-order valence-electron chi connectivity index (χ2n) is 13.1. The number of benzene rings is 8. The maximum atomic E-state index is 3.86. The summed E-state index contributed by atoms with van der Waals surface area (Å²) in [6, 6.07) is 67.9. The van der Waals surface area contributed by atoms with Crippen molar-refractivity contribution in [1.29, 1.82) is 0 Å². The SMILES string of the molecule is Brc1ccccc1-c1ccccc1N(c1ccc(-c2ccccc2)cc1)c1ccc2c3c4sc5ccccc5c4ccc3n(-c3ccccc3)c2c1. The van der Waals surface area contributed by atoms with Crippen molar-refractivity contribution in [2.45, 2.75) is 0 Å². The van der Waals surface area contributed by atoms with Crippen molar-refractivity contribution in [2.75, 3.05) is 4.90 Å². The molecule has 0 atom stereocenters. The van der Waals surface area contributed by atoms with Crippen LogP contribution in [0.3, 0.4) is 0 Å². The molecule has 2 heterocycles. The van der Waals surface area contributed by atoms with Crippen molar-refractivity contribution >= 4 is 86.3 Å². The molecule has 0 spiro atoms. The van der Waals surface area contributed by atoms with E-state index in [1.54, 1.807) is 0 Å². The van der Waals surface area contributed by atoms with Gasteiger partial charge in [0.2, 0.25) is 0 Å². The molecule has 4 heteroatoms. The van der Waals surface area contributed by atoms with Crippen LogP contribution in [-0.4, -0.2) is 4.57 Å². The monoisotopic (exact) mass is 746 g/mol. The summed E-state index contributed by atoms with van der Waals surface area (Å²) in [4.78, 5) is 2.41. The maximum absolute atomic E-state index is 3.86. The van der Waals surface area contributed by atoms with Gasteiger partial charge in [-0.1, -0.05) is 143 Å². The Labute approximate surface area is 314 Å². The van der Waals surface area contributed by atoms with E-state index in [0.717, 1.165) is 38.3 Å². The van der Waals surface area contributed by atoms with Crippen LogP contribution < -0.4 is 4.90 Å². The Morgan fingerprint density at radius 2 is 1.10 bits per heavy atom. The Kier molecular flexibility index (Phi) is 7.52. The zero-order valence-corrected chi connectivity index (χ0v) is 30.5. The minimum absolute atomic E-state index is 1.06. The Morgan fingerprint density at radius 1 is 0.462 bits per heavy atom. The lowest BCUT2D eigenvalue weighted by atomic mass is 10.0. The molecule has 0 bridgehead atoms. The molecule has 0 saturated carbocycles. The normalized spacial score (nSPS) is 11.6. The Bertz CT molecular complexity index is 2910. The van der Waals surface area contributed by atoms with E-state index in [0.29, 0.717) is 0 Å². The van der Waals surface area contributed by atoms with Gasteiger partial charge in [-0.15, -0.1) is 11.3 Å². The van der Waals surface area contributed by atoms with Gasteiger partial charge in [-0.25, -0.2) is 0 Å². The number of anilines is 3. The molecule has 52 heavy (non-hydrogen) atoms. The summed E-state index contributed by atoms with van der Waals surface area (Å²) in [5, 5.41) is 5.18. The second kappa shape index (κ2) is 12.7. The fraction of sp³-hybridized carbons (Fsp3) is 0. The molecule has 0 saturated heterocycles. The number of para-hydroxylation sites is 2. The maximum Gasteiger partial charge on any atom is 0.0562 e. The van der Waals surface area contributed by atoms with E-state index in [2.05, 4.69) is 213 Å². The molecule has 0 aliphatic carbocycles. The van der Waals surface area contributed by atoms with Crippen molar-refractivity contribution in [2.24, 2.45) is 0 Å². The summed E-state index contributed by atoms with van der Waals surface area (Å²) in [5.41, 5.74) is 11.5. The topological polar surface area (TPSA) is 8.17 Å². The minimum Gasteiger partial charge on any atom is -0.310 e. The molecule has 0 aliphatic rings. The summed E-state index contributed by atoms with van der Waals surface area (Å²) in [6.07, 6.45) is 0. The quantitative estimate of drug-likeness (QED) is 0.164. The van der Waals surface area contributed by atoms with Gasteiger partial charge in [0, 0.05) is 58.0 Å². The van der Waals surface area contributed by atoms with Gasteiger partial charge in [0.15, 0.2) is 0 Å². The molecule has 0 fully saturated rings. The third-order valence-electron chi connectivity index (χ3n) is 10.1. The summed E-state index contributed by atoms with van der Waals surface area (Å²) in [6.45, 7) is 0. The van der Waals surface area contributed by atoms with E-state index < -0.39 is 0 Å². The largest absolute Gasteiger partial charge is 0.310 e. The minimum atomic E-state index is 1.06. The number of fused-ring (bicyclic) bond motifs is 7. The fourth-order valence-electron chi connectivity index (χ4n) is 7.70. The van der Waals surface area contributed by atoms with Gasteiger partial charge in [0.05, 0.1) is 16.7 Å². The van der Waals surface area contributed by atoms with Crippen molar-refractivity contribution in [1.82, 2.24) is 4.57 Å². The molecular formula is C48H31BrN2S. The van der Waals surface area contributed by atoms with Crippen LogP contribution in [0.2, 0.25) is 0 Å². The van der Waals surface area contributed by atoms with Crippen LogP contribution in [0, 0.1) is 0 Å². The Hall–Kier alpha value is -5.94. The van der Waals surface area contributed by atoms with Crippen LogP contribution in [0.25, 0.3) is 69.9 Å². The predicted molar refractivity (Wildman–Crippen MR) is 227 cm³/mol. The predicted octanol–water partition coefficient (Wildman–Crippen LogP) is 14.7. The molecule has 8 aromatic carbocycles. The molecule has 0 unspecified atom stereocenters. The van der Waals surface area contributed by atoms with Crippen molar-refractivity contribution in [3.8, 4) is 27.9 Å². The molecule has 246 valence electrons. The van der Waals surface area contributed by atoms with E-state index in [9.17, 15) is 0 Å². The molecule has 2 aromatic heterocycles. The molecule has 2 nitrogen and oxygen atoms in total. The van der Waals surface area contributed by atoms with Crippen LogP contribution in [0.5, 0.6) is 0 Å². The Balaban J connectivity index is 1.25. The molecule has 0 aliphatic heterocycles. The lowest BCUT2D eigenvalue weighted by molar-refractivity contribution is 1.18. The first kappa shape index (κ1) is 30.8. The Morgan fingerprint density at radius 3 is 1.90 bits per heavy atom. The first-order valence-corrected chi connectivity index (χ1v) is 19.1. The molecule has 0 radical (unpaired) electrons. The summed E-state index contributed by atoms with van der Waals surface area (Å²) in [5.74, 6) is 0. The third-order valence-corrected chi connectivity index (χ3v) is 12.0. The highest BCUT2D eigenvalue weighted by Crippen LogP contribution is 2.47. The highest BCUT2D eigenvalue weighted by atomic mass is 79.9. The number of nitrogens with zero attached hydrogens (tertiary/aromatic N) is 2. The number of aromatic nitrogens is 1. The van der Waals surface area contributed by atoms with Gasteiger partial charge < -0.3 is 9.47 Å². The smallest absolute Gasteiger partial charge is 0.0562 e. The van der Waals surface area contributed by atoms with Gasteiger partial charge in [-0.2, -0.15) is 0 Å². The van der Waals surface area contributed by atoms with E-state index >= 15 is 0 Å². The number of thiophene rings is 1. The average Bonchev–Trinajstić information content (AvgIpc) is 3.75. The summed E-state index contributed by atoms with van der Waals surface area (Å²) >= 11 is 5.75. The number of hydrogen-bond acceptors (Lipinski definition) is 2. The van der Waals surface area contributed by atoms with E-state index in [4.69, 9.17) is 0 Å². The van der Waals surface area contributed by atoms with Gasteiger partial charge in [0.1, 0.15) is 0 Å². The molecule has 0 amide bonds. The molecule has 0 N–H and O–H groups in total. The van der Waals surface area contributed by atoms with Crippen LogP contribution >= 0.6 is 27.3 Å². The fourth-order valence-corrected chi connectivity index (χ4v) is 9.46. The number of rotatable bonds is 6.